The molecule has 2 aromatic rings. The minimum atomic E-state index is -0.267. The van der Waals surface area contributed by atoms with Crippen molar-refractivity contribution in [1.82, 2.24) is 4.98 Å². The summed E-state index contributed by atoms with van der Waals surface area (Å²) < 4.78 is 13.6. The van der Waals surface area contributed by atoms with Gasteiger partial charge < -0.3 is 5.32 Å². The maximum absolute atomic E-state index is 13.6. The molecule has 0 saturated carbocycles. The molecule has 0 spiro atoms. The number of aromatic nitrogens is 1. The van der Waals surface area contributed by atoms with E-state index >= 15 is 0 Å². The minimum absolute atomic E-state index is 0.267. The second-order valence-electron chi connectivity index (χ2n) is 5.35. The van der Waals surface area contributed by atoms with Gasteiger partial charge in [0.05, 0.1) is 5.56 Å². The summed E-state index contributed by atoms with van der Waals surface area (Å²) in [5.41, 5.74) is 3.91. The van der Waals surface area contributed by atoms with Crippen molar-refractivity contribution in [2.24, 2.45) is 0 Å². The van der Waals surface area contributed by atoms with E-state index < -0.39 is 0 Å². The van der Waals surface area contributed by atoms with Crippen LogP contribution in [0.25, 0.3) is 0 Å². The maximum Gasteiger partial charge on any atom is 0.148 e. The van der Waals surface area contributed by atoms with Crippen molar-refractivity contribution in [3.8, 4) is 6.07 Å². The molecule has 1 aromatic heterocycles. The largest absolute Gasteiger partial charge is 0.339 e. The van der Waals surface area contributed by atoms with Crippen LogP contribution >= 0.6 is 0 Å². The molecule has 0 bridgehead atoms. The number of halogens is 1. The van der Waals surface area contributed by atoms with Crippen molar-refractivity contribution < 1.29 is 4.39 Å². The summed E-state index contributed by atoms with van der Waals surface area (Å²) >= 11 is 0. The Labute approximate surface area is 123 Å². The molecular formula is C17H16FN3. The molecule has 3 nitrogen and oxygen atoms in total. The number of aryl methyl sites for hydroxylation is 2. The maximum atomic E-state index is 13.6. The van der Waals surface area contributed by atoms with Gasteiger partial charge in [-0.3, -0.25) is 0 Å². The van der Waals surface area contributed by atoms with E-state index in [9.17, 15) is 9.65 Å². The highest BCUT2D eigenvalue weighted by molar-refractivity contribution is 5.66. The van der Waals surface area contributed by atoms with Crippen molar-refractivity contribution in [3.05, 3.63) is 52.5 Å². The van der Waals surface area contributed by atoms with E-state index in [1.165, 1.54) is 11.6 Å². The van der Waals surface area contributed by atoms with E-state index in [0.717, 1.165) is 31.4 Å². The fourth-order valence-corrected chi connectivity index (χ4v) is 2.68. The number of rotatable bonds is 2. The molecule has 0 atom stereocenters. The van der Waals surface area contributed by atoms with Gasteiger partial charge in [-0.05, 0) is 56.4 Å². The molecule has 0 aliphatic heterocycles. The molecule has 0 radical (unpaired) electrons. The Balaban J connectivity index is 2.02. The van der Waals surface area contributed by atoms with Crippen LogP contribution in [0.5, 0.6) is 0 Å². The quantitative estimate of drug-likeness (QED) is 0.904. The highest BCUT2D eigenvalue weighted by Gasteiger charge is 2.16. The van der Waals surface area contributed by atoms with E-state index in [-0.39, 0.29) is 5.82 Å². The molecule has 1 aliphatic rings. The normalized spacial score (nSPS) is 13.4. The van der Waals surface area contributed by atoms with Gasteiger partial charge in [0.15, 0.2) is 0 Å². The fourth-order valence-electron chi connectivity index (χ4n) is 2.68. The Hall–Kier alpha value is -2.41. The topological polar surface area (TPSA) is 48.7 Å². The van der Waals surface area contributed by atoms with Crippen molar-refractivity contribution in [2.45, 2.75) is 32.6 Å². The molecule has 1 aliphatic carbocycles. The third-order valence-corrected chi connectivity index (χ3v) is 3.94. The van der Waals surface area contributed by atoms with Crippen LogP contribution in [0.15, 0.2) is 24.3 Å². The smallest absolute Gasteiger partial charge is 0.148 e. The van der Waals surface area contributed by atoms with E-state index in [1.807, 2.05) is 6.07 Å². The zero-order valence-electron chi connectivity index (χ0n) is 11.9. The van der Waals surface area contributed by atoms with E-state index in [4.69, 9.17) is 0 Å². The first-order valence-corrected chi connectivity index (χ1v) is 7.14. The zero-order valence-corrected chi connectivity index (χ0v) is 11.9. The third kappa shape index (κ3) is 2.59. The van der Waals surface area contributed by atoms with Crippen LogP contribution in [-0.2, 0) is 12.8 Å². The van der Waals surface area contributed by atoms with Crippen LogP contribution in [0.4, 0.5) is 15.9 Å². The van der Waals surface area contributed by atoms with Gasteiger partial charge in [-0.1, -0.05) is 6.07 Å². The summed E-state index contributed by atoms with van der Waals surface area (Å²) in [5, 5.41) is 12.4. The van der Waals surface area contributed by atoms with Gasteiger partial charge in [-0.2, -0.15) is 5.26 Å². The molecular weight excluding hydrogens is 265 g/mol. The lowest BCUT2D eigenvalue weighted by molar-refractivity contribution is 0.619. The Bertz CT molecular complexity index is 732. The second-order valence-corrected chi connectivity index (χ2v) is 5.35. The summed E-state index contributed by atoms with van der Waals surface area (Å²) in [6.07, 6.45) is 4.20. The van der Waals surface area contributed by atoms with Crippen molar-refractivity contribution in [2.75, 3.05) is 5.32 Å². The lowest BCUT2D eigenvalue weighted by Crippen LogP contribution is -2.09. The molecule has 0 fully saturated rings. The standard InChI is InChI=1S/C17H16FN3/c1-11-14(18)6-4-8-15(11)20-17-13(10-19)9-12-5-2-3-7-16(12)21-17/h4,6,8-9H,2-3,5,7H2,1H3,(H,20,21). The van der Waals surface area contributed by atoms with Gasteiger partial charge in [-0.15, -0.1) is 0 Å². The fraction of sp³-hybridized carbons (Fsp3) is 0.294. The first kappa shape index (κ1) is 13.6. The Kier molecular flexibility index (Phi) is 3.57. The molecule has 1 N–H and O–H groups in total. The number of hydrogen-bond acceptors (Lipinski definition) is 3. The molecule has 3 rings (SSSR count). The predicted octanol–water partition coefficient (Wildman–Crippen LogP) is 4.02. The number of fused-ring (bicyclic) bond motifs is 1. The summed E-state index contributed by atoms with van der Waals surface area (Å²) in [5.74, 6) is 0.253. The zero-order chi connectivity index (χ0) is 14.8. The Morgan fingerprint density at radius 2 is 2.10 bits per heavy atom. The van der Waals surface area contributed by atoms with Crippen molar-refractivity contribution in [1.29, 1.82) is 5.26 Å². The number of nitrogens with zero attached hydrogens (tertiary/aromatic N) is 2. The second kappa shape index (κ2) is 5.53. The average Bonchev–Trinajstić information content (AvgIpc) is 2.51. The Morgan fingerprint density at radius 3 is 2.90 bits per heavy atom. The monoisotopic (exact) mass is 281 g/mol. The van der Waals surface area contributed by atoms with Crippen molar-refractivity contribution >= 4 is 11.5 Å². The highest BCUT2D eigenvalue weighted by Crippen LogP contribution is 2.27. The van der Waals surface area contributed by atoms with E-state index in [0.29, 0.717) is 22.6 Å². The third-order valence-electron chi connectivity index (χ3n) is 3.94. The van der Waals surface area contributed by atoms with Crippen molar-refractivity contribution in [3.63, 3.8) is 0 Å². The van der Waals surface area contributed by atoms with Crippen LogP contribution in [-0.4, -0.2) is 4.98 Å². The van der Waals surface area contributed by atoms with Gasteiger partial charge in [0.1, 0.15) is 17.7 Å². The number of nitrogens with one attached hydrogen (secondary N) is 1. The number of anilines is 2. The number of benzene rings is 1. The molecule has 1 aromatic carbocycles. The van der Waals surface area contributed by atoms with Gasteiger partial charge >= 0.3 is 0 Å². The van der Waals surface area contributed by atoms with Gasteiger partial charge in [0.2, 0.25) is 0 Å². The summed E-state index contributed by atoms with van der Waals surface area (Å²) in [6.45, 7) is 1.71. The SMILES string of the molecule is Cc1c(F)cccc1Nc1nc2c(cc1C#N)CCCC2. The summed E-state index contributed by atoms with van der Waals surface area (Å²) in [6, 6.07) is 8.96. The molecule has 0 unspecified atom stereocenters. The van der Waals surface area contributed by atoms with Crippen LogP contribution in [0.3, 0.4) is 0 Å². The summed E-state index contributed by atoms with van der Waals surface area (Å²) in [4.78, 5) is 4.59. The van der Waals surface area contributed by atoms with E-state index in [2.05, 4.69) is 16.4 Å². The lowest BCUT2D eigenvalue weighted by Gasteiger charge is -2.18. The number of hydrogen-bond donors (Lipinski definition) is 1. The van der Waals surface area contributed by atoms with Crippen LogP contribution in [0, 0.1) is 24.1 Å². The minimum Gasteiger partial charge on any atom is -0.339 e. The van der Waals surface area contributed by atoms with E-state index in [1.54, 1.807) is 19.1 Å². The van der Waals surface area contributed by atoms with Gasteiger partial charge in [-0.25, -0.2) is 9.37 Å². The predicted molar refractivity (Wildman–Crippen MR) is 80.0 cm³/mol. The molecule has 0 saturated heterocycles. The average molecular weight is 281 g/mol. The highest BCUT2D eigenvalue weighted by atomic mass is 19.1. The lowest BCUT2D eigenvalue weighted by atomic mass is 9.95. The molecule has 1 heterocycles. The van der Waals surface area contributed by atoms with Crippen LogP contribution in [0.1, 0.15) is 35.2 Å². The van der Waals surface area contributed by atoms with Gasteiger partial charge in [0.25, 0.3) is 0 Å². The first-order valence-electron chi connectivity index (χ1n) is 7.14. The first-order chi connectivity index (χ1) is 10.2. The molecule has 4 heteroatoms. The number of pyridine rings is 1. The van der Waals surface area contributed by atoms with Crippen LogP contribution in [0.2, 0.25) is 0 Å². The number of nitriles is 1. The molecule has 106 valence electrons. The van der Waals surface area contributed by atoms with Crippen LogP contribution < -0.4 is 5.32 Å². The van der Waals surface area contributed by atoms with Gasteiger partial charge in [0, 0.05) is 16.9 Å². The Morgan fingerprint density at radius 1 is 1.29 bits per heavy atom. The molecule has 21 heavy (non-hydrogen) atoms. The summed E-state index contributed by atoms with van der Waals surface area (Å²) in [7, 11) is 0. The molecule has 0 amide bonds.